The Hall–Kier alpha value is -1.27. The highest BCUT2D eigenvalue weighted by atomic mass is 35.5. The molecule has 1 amide bonds. The zero-order valence-corrected chi connectivity index (χ0v) is 14.1. The highest BCUT2D eigenvalue weighted by molar-refractivity contribution is 7.92. The van der Waals surface area contributed by atoms with E-state index in [1.807, 2.05) is 0 Å². The Balaban J connectivity index is 2.92. The summed E-state index contributed by atoms with van der Waals surface area (Å²) >= 11 is 5.54. The molecule has 0 saturated heterocycles. The van der Waals surface area contributed by atoms with Crippen LogP contribution in [0.5, 0.6) is 0 Å². The van der Waals surface area contributed by atoms with Gasteiger partial charge in [0.15, 0.2) is 0 Å². The van der Waals surface area contributed by atoms with Crippen LogP contribution < -0.4 is 4.72 Å². The second kappa shape index (κ2) is 7.66. The van der Waals surface area contributed by atoms with Gasteiger partial charge in [-0.3, -0.25) is 9.52 Å². The molecule has 7 heteroatoms. The highest BCUT2D eigenvalue weighted by Crippen LogP contribution is 2.19. The van der Waals surface area contributed by atoms with E-state index >= 15 is 0 Å². The second-order valence-electron chi connectivity index (χ2n) is 5.05. The summed E-state index contributed by atoms with van der Waals surface area (Å²) in [5.41, 5.74) is 1.66. The minimum Gasteiger partial charge on any atom is -0.345 e. The number of hydrogen-bond donors (Lipinski definition) is 1. The fourth-order valence-electron chi connectivity index (χ4n) is 1.73. The number of alkyl halides is 1. The molecule has 0 radical (unpaired) electrons. The highest BCUT2D eigenvalue weighted by Gasteiger charge is 2.14. The van der Waals surface area contributed by atoms with Crippen LogP contribution in [0.3, 0.4) is 0 Å². The van der Waals surface area contributed by atoms with Crippen LogP contribution in [0.1, 0.15) is 28.8 Å². The third-order valence-corrected chi connectivity index (χ3v) is 4.58. The first kappa shape index (κ1) is 17.8. The summed E-state index contributed by atoms with van der Waals surface area (Å²) in [4.78, 5) is 13.4. The van der Waals surface area contributed by atoms with Crippen molar-refractivity contribution in [2.75, 3.05) is 30.5 Å². The number of amides is 1. The van der Waals surface area contributed by atoms with Crippen LogP contribution in [-0.4, -0.2) is 45.0 Å². The Morgan fingerprint density at radius 1 is 1.29 bits per heavy atom. The van der Waals surface area contributed by atoms with E-state index in [0.717, 1.165) is 5.56 Å². The number of halogens is 1. The van der Waals surface area contributed by atoms with Crippen molar-refractivity contribution in [1.29, 1.82) is 0 Å². The fraction of sp³-hybridized carbons (Fsp3) is 0.500. The van der Waals surface area contributed by atoms with E-state index in [9.17, 15) is 13.2 Å². The molecule has 0 unspecified atom stereocenters. The Bertz CT molecular complexity index is 600. The number of rotatable bonds is 7. The lowest BCUT2D eigenvalue weighted by molar-refractivity contribution is 0.0827. The van der Waals surface area contributed by atoms with Gasteiger partial charge in [-0.2, -0.15) is 0 Å². The molecule has 0 aliphatic rings. The first-order valence-corrected chi connectivity index (χ1v) is 8.84. The molecule has 21 heavy (non-hydrogen) atoms. The Labute approximate surface area is 131 Å². The minimum absolute atomic E-state index is 0.0189. The van der Waals surface area contributed by atoms with E-state index in [2.05, 4.69) is 4.72 Å². The van der Waals surface area contributed by atoms with Crippen molar-refractivity contribution in [3.63, 3.8) is 0 Å². The molecule has 0 heterocycles. The van der Waals surface area contributed by atoms with Crippen LogP contribution in [0, 0.1) is 6.92 Å². The van der Waals surface area contributed by atoms with Crippen molar-refractivity contribution < 1.29 is 13.2 Å². The van der Waals surface area contributed by atoms with Gasteiger partial charge in [-0.05, 0) is 37.5 Å². The Morgan fingerprint density at radius 3 is 2.52 bits per heavy atom. The van der Waals surface area contributed by atoms with Gasteiger partial charge in [-0.15, -0.1) is 11.6 Å². The number of aryl methyl sites for hydroxylation is 1. The molecule has 0 saturated carbocycles. The average molecular weight is 333 g/mol. The van der Waals surface area contributed by atoms with Crippen LogP contribution >= 0.6 is 11.6 Å². The number of nitrogens with one attached hydrogen (secondary N) is 1. The molecule has 5 nitrogen and oxygen atoms in total. The predicted octanol–water partition coefficient (Wildman–Crippen LogP) is 2.46. The first-order chi connectivity index (χ1) is 9.76. The summed E-state index contributed by atoms with van der Waals surface area (Å²) in [5, 5.41) is 0. The van der Waals surface area contributed by atoms with Crippen molar-refractivity contribution in [3.05, 3.63) is 29.3 Å². The number of nitrogens with zero attached hydrogens (tertiary/aromatic N) is 1. The molecule has 0 spiro atoms. The SMILES string of the molecule is Cc1ccc(C(=O)N(C)C)cc1NS(=O)(=O)CCCCCl. The van der Waals surface area contributed by atoms with E-state index in [4.69, 9.17) is 11.6 Å². The summed E-state index contributed by atoms with van der Waals surface area (Å²) in [6.45, 7) is 1.79. The standard InChI is InChI=1S/C14H21ClN2O3S/c1-11-6-7-12(14(18)17(2)3)10-13(11)16-21(19,20)9-5-4-8-15/h6-7,10,16H,4-5,8-9H2,1-3H3. The maximum atomic E-state index is 12.0. The van der Waals surface area contributed by atoms with Crippen LogP contribution in [-0.2, 0) is 10.0 Å². The lowest BCUT2D eigenvalue weighted by Crippen LogP contribution is -2.22. The molecule has 0 aromatic heterocycles. The predicted molar refractivity (Wildman–Crippen MR) is 86.6 cm³/mol. The van der Waals surface area contributed by atoms with Gasteiger partial charge in [0.05, 0.1) is 11.4 Å². The summed E-state index contributed by atoms with van der Waals surface area (Å²) in [6, 6.07) is 4.98. The van der Waals surface area contributed by atoms with Gasteiger partial charge < -0.3 is 4.90 Å². The number of anilines is 1. The molecule has 0 aliphatic carbocycles. The lowest BCUT2D eigenvalue weighted by atomic mass is 10.1. The van der Waals surface area contributed by atoms with Crippen molar-refractivity contribution in [2.24, 2.45) is 0 Å². The largest absolute Gasteiger partial charge is 0.345 e. The quantitative estimate of drug-likeness (QED) is 0.616. The van der Waals surface area contributed by atoms with Crippen LogP contribution in [0.4, 0.5) is 5.69 Å². The van der Waals surface area contributed by atoms with E-state index in [1.54, 1.807) is 39.2 Å². The monoisotopic (exact) mass is 332 g/mol. The lowest BCUT2D eigenvalue weighted by Gasteiger charge is -2.14. The maximum absolute atomic E-state index is 12.0. The van der Waals surface area contributed by atoms with Crippen LogP contribution in [0.2, 0.25) is 0 Å². The molecular weight excluding hydrogens is 312 g/mol. The molecule has 1 rings (SSSR count). The van der Waals surface area contributed by atoms with Crippen molar-refractivity contribution in [1.82, 2.24) is 4.90 Å². The summed E-state index contributed by atoms with van der Waals surface area (Å²) < 4.78 is 26.5. The molecule has 1 aromatic rings. The molecule has 0 bridgehead atoms. The zero-order chi connectivity index (χ0) is 16.0. The van der Waals surface area contributed by atoms with E-state index in [0.29, 0.717) is 30.0 Å². The summed E-state index contributed by atoms with van der Waals surface area (Å²) in [5.74, 6) is 0.296. The van der Waals surface area contributed by atoms with Gasteiger partial charge in [-0.1, -0.05) is 6.07 Å². The third-order valence-electron chi connectivity index (χ3n) is 2.95. The van der Waals surface area contributed by atoms with E-state index < -0.39 is 10.0 Å². The molecule has 0 fully saturated rings. The van der Waals surface area contributed by atoms with Crippen molar-refractivity contribution in [2.45, 2.75) is 19.8 Å². The first-order valence-electron chi connectivity index (χ1n) is 6.65. The molecule has 1 aromatic carbocycles. The van der Waals surface area contributed by atoms with Crippen molar-refractivity contribution in [3.8, 4) is 0 Å². The van der Waals surface area contributed by atoms with Crippen molar-refractivity contribution >= 4 is 33.2 Å². The smallest absolute Gasteiger partial charge is 0.253 e. The van der Waals surface area contributed by atoms with Gasteiger partial charge in [0.25, 0.3) is 5.91 Å². The van der Waals surface area contributed by atoms with Gasteiger partial charge in [0, 0.05) is 25.5 Å². The number of hydrogen-bond acceptors (Lipinski definition) is 3. The summed E-state index contributed by atoms with van der Waals surface area (Å²) in [7, 11) is -0.124. The second-order valence-corrected chi connectivity index (χ2v) is 7.27. The molecule has 0 atom stereocenters. The summed E-state index contributed by atoms with van der Waals surface area (Å²) in [6.07, 6.45) is 1.16. The van der Waals surface area contributed by atoms with Gasteiger partial charge in [0.2, 0.25) is 10.0 Å². The van der Waals surface area contributed by atoms with Gasteiger partial charge in [0.1, 0.15) is 0 Å². The molecule has 118 valence electrons. The topological polar surface area (TPSA) is 66.5 Å². The third kappa shape index (κ3) is 5.55. The van der Waals surface area contributed by atoms with Gasteiger partial charge >= 0.3 is 0 Å². The fourth-order valence-corrected chi connectivity index (χ4v) is 3.16. The number of unbranched alkanes of at least 4 members (excludes halogenated alkanes) is 1. The van der Waals surface area contributed by atoms with E-state index in [-0.39, 0.29) is 11.7 Å². The number of carbonyl (C=O) groups is 1. The molecule has 1 N–H and O–H groups in total. The normalized spacial score (nSPS) is 11.2. The Morgan fingerprint density at radius 2 is 1.95 bits per heavy atom. The van der Waals surface area contributed by atoms with E-state index in [1.165, 1.54) is 4.90 Å². The zero-order valence-electron chi connectivity index (χ0n) is 12.5. The maximum Gasteiger partial charge on any atom is 0.253 e. The molecular formula is C14H21ClN2O3S. The van der Waals surface area contributed by atoms with Crippen LogP contribution in [0.15, 0.2) is 18.2 Å². The minimum atomic E-state index is -3.43. The molecule has 0 aliphatic heterocycles. The number of carbonyl (C=O) groups excluding carboxylic acids is 1. The number of sulfonamides is 1. The number of benzene rings is 1. The average Bonchev–Trinajstić information content (AvgIpc) is 2.40. The van der Waals surface area contributed by atoms with Crippen LogP contribution in [0.25, 0.3) is 0 Å². The Kier molecular flexibility index (Phi) is 6.48. The van der Waals surface area contributed by atoms with Gasteiger partial charge in [-0.25, -0.2) is 8.42 Å².